The Labute approximate surface area is 161 Å². The van der Waals surface area contributed by atoms with Crippen LogP contribution in [0.5, 0.6) is 0 Å². The number of hydrogen-bond donors (Lipinski definition) is 1. The first-order valence-corrected chi connectivity index (χ1v) is 9.89. The molecule has 0 atom stereocenters. The van der Waals surface area contributed by atoms with Gasteiger partial charge in [-0.2, -0.15) is 4.98 Å². The van der Waals surface area contributed by atoms with Crippen LogP contribution in [0.2, 0.25) is 5.28 Å². The lowest BCUT2D eigenvalue weighted by Gasteiger charge is -2.32. The summed E-state index contributed by atoms with van der Waals surface area (Å²) in [4.78, 5) is 23.5. The van der Waals surface area contributed by atoms with E-state index in [9.17, 15) is 4.79 Å². The van der Waals surface area contributed by atoms with E-state index in [4.69, 9.17) is 11.6 Å². The molecule has 4 rings (SSSR count). The highest BCUT2D eigenvalue weighted by molar-refractivity contribution is 7.17. The molecule has 0 bridgehead atoms. The number of carbonyl (C=O) groups is 1. The van der Waals surface area contributed by atoms with Crippen molar-refractivity contribution in [2.75, 3.05) is 23.3 Å². The number of hydrogen-bond acceptors (Lipinski definition) is 5. The molecule has 3 heterocycles. The molecule has 1 saturated heterocycles. The Hall–Kier alpha value is -2.18. The van der Waals surface area contributed by atoms with Gasteiger partial charge < -0.3 is 10.2 Å². The molecule has 1 N–H and O–H groups in total. The van der Waals surface area contributed by atoms with Gasteiger partial charge in [-0.15, -0.1) is 11.3 Å². The molecular weight excluding hydrogens is 368 g/mol. The molecule has 7 heteroatoms. The summed E-state index contributed by atoms with van der Waals surface area (Å²) in [6, 6.07) is 9.85. The number of nitrogens with one attached hydrogen (secondary N) is 1. The summed E-state index contributed by atoms with van der Waals surface area (Å²) in [7, 11) is 0. The molecule has 0 aliphatic carbocycles. The summed E-state index contributed by atoms with van der Waals surface area (Å²) < 4.78 is 1.05. The maximum Gasteiger partial charge on any atom is 0.227 e. The number of nitrogens with zero attached hydrogens (tertiary/aromatic N) is 3. The van der Waals surface area contributed by atoms with Crippen molar-refractivity contribution in [2.24, 2.45) is 5.92 Å². The third-order valence-electron chi connectivity index (χ3n) is 4.74. The van der Waals surface area contributed by atoms with Crippen LogP contribution in [0.15, 0.2) is 35.7 Å². The molecule has 1 aliphatic rings. The number of fused-ring (bicyclic) bond motifs is 1. The van der Waals surface area contributed by atoms with Crippen molar-refractivity contribution in [3.05, 3.63) is 46.6 Å². The molecule has 1 aromatic carbocycles. The summed E-state index contributed by atoms with van der Waals surface area (Å²) in [5, 5.41) is 5.30. The van der Waals surface area contributed by atoms with Gasteiger partial charge in [-0.05, 0) is 54.9 Å². The van der Waals surface area contributed by atoms with E-state index in [2.05, 4.69) is 20.2 Å². The molecule has 0 radical (unpaired) electrons. The van der Waals surface area contributed by atoms with Crippen LogP contribution in [0.25, 0.3) is 10.2 Å². The zero-order valence-electron chi connectivity index (χ0n) is 14.4. The highest BCUT2D eigenvalue weighted by Crippen LogP contribution is 2.32. The lowest BCUT2D eigenvalue weighted by Crippen LogP contribution is -2.38. The van der Waals surface area contributed by atoms with Gasteiger partial charge in [0.2, 0.25) is 11.2 Å². The fourth-order valence-electron chi connectivity index (χ4n) is 3.27. The van der Waals surface area contributed by atoms with Crippen molar-refractivity contribution < 1.29 is 4.79 Å². The van der Waals surface area contributed by atoms with Crippen LogP contribution in [0.1, 0.15) is 18.4 Å². The van der Waals surface area contributed by atoms with E-state index in [-0.39, 0.29) is 17.1 Å². The normalized spacial score (nSPS) is 15.4. The van der Waals surface area contributed by atoms with Crippen molar-refractivity contribution in [3.63, 3.8) is 0 Å². The smallest absolute Gasteiger partial charge is 0.227 e. The van der Waals surface area contributed by atoms with Gasteiger partial charge in [0.05, 0.1) is 10.2 Å². The first-order valence-electron chi connectivity index (χ1n) is 8.63. The number of aryl methyl sites for hydroxylation is 1. The van der Waals surface area contributed by atoms with Gasteiger partial charge in [-0.3, -0.25) is 4.79 Å². The minimum absolute atomic E-state index is 0.0173. The third-order valence-corrected chi connectivity index (χ3v) is 5.81. The van der Waals surface area contributed by atoms with Crippen LogP contribution in [-0.2, 0) is 4.79 Å². The number of anilines is 2. The standard InChI is InChI=1S/C19H19ClN4OS/c1-12-2-4-14(5-3-12)21-18(25)13-6-9-24(10-7-13)17-16-15(8-11-26-16)22-19(20)23-17/h2-5,8,11,13H,6-7,9-10H2,1H3,(H,21,25). The predicted molar refractivity (Wildman–Crippen MR) is 107 cm³/mol. The molecule has 1 fully saturated rings. The number of halogens is 1. The molecule has 1 amide bonds. The number of benzene rings is 1. The zero-order valence-corrected chi connectivity index (χ0v) is 16.0. The second-order valence-corrected chi connectivity index (χ2v) is 7.82. The quantitative estimate of drug-likeness (QED) is 0.673. The van der Waals surface area contributed by atoms with Crippen LogP contribution >= 0.6 is 22.9 Å². The van der Waals surface area contributed by atoms with Crippen LogP contribution in [0, 0.1) is 12.8 Å². The fraction of sp³-hybridized carbons (Fsp3) is 0.316. The number of amides is 1. The number of aromatic nitrogens is 2. The van der Waals surface area contributed by atoms with Gasteiger partial charge in [0.1, 0.15) is 0 Å². The topological polar surface area (TPSA) is 58.1 Å². The van der Waals surface area contributed by atoms with E-state index in [0.29, 0.717) is 0 Å². The van der Waals surface area contributed by atoms with Crippen molar-refractivity contribution in [2.45, 2.75) is 19.8 Å². The summed E-state index contributed by atoms with van der Waals surface area (Å²) in [6.07, 6.45) is 1.60. The fourth-order valence-corrected chi connectivity index (χ4v) is 4.29. The molecule has 0 saturated carbocycles. The molecule has 134 valence electrons. The second-order valence-electron chi connectivity index (χ2n) is 6.57. The summed E-state index contributed by atoms with van der Waals surface area (Å²) in [6.45, 7) is 3.60. The molecule has 0 spiro atoms. The molecule has 1 aliphatic heterocycles. The van der Waals surface area contributed by atoms with Crippen LogP contribution in [0.3, 0.4) is 0 Å². The highest BCUT2D eigenvalue weighted by atomic mass is 35.5. The average molecular weight is 387 g/mol. The van der Waals surface area contributed by atoms with E-state index in [0.717, 1.165) is 47.7 Å². The summed E-state index contributed by atoms with van der Waals surface area (Å²) in [5.41, 5.74) is 2.91. The first kappa shape index (κ1) is 17.2. The van der Waals surface area contributed by atoms with Gasteiger partial charge in [0, 0.05) is 24.7 Å². The number of piperidine rings is 1. The van der Waals surface area contributed by atoms with E-state index in [1.165, 1.54) is 5.56 Å². The largest absolute Gasteiger partial charge is 0.355 e. The Morgan fingerprint density at radius 3 is 2.65 bits per heavy atom. The zero-order chi connectivity index (χ0) is 18.1. The maximum atomic E-state index is 12.5. The lowest BCUT2D eigenvalue weighted by molar-refractivity contribution is -0.120. The lowest BCUT2D eigenvalue weighted by atomic mass is 9.95. The predicted octanol–water partition coefficient (Wildman–Crippen LogP) is 4.51. The van der Waals surface area contributed by atoms with E-state index in [1.54, 1.807) is 11.3 Å². The first-order chi connectivity index (χ1) is 12.6. The van der Waals surface area contributed by atoms with Gasteiger partial charge in [0.25, 0.3) is 0 Å². The van der Waals surface area contributed by atoms with Gasteiger partial charge in [0.15, 0.2) is 5.82 Å². The Balaban J connectivity index is 1.42. The highest BCUT2D eigenvalue weighted by Gasteiger charge is 2.27. The number of thiophene rings is 1. The number of carbonyl (C=O) groups excluding carboxylic acids is 1. The van der Waals surface area contributed by atoms with Gasteiger partial charge in [-0.25, -0.2) is 4.98 Å². The van der Waals surface area contributed by atoms with Crippen LogP contribution in [0.4, 0.5) is 11.5 Å². The van der Waals surface area contributed by atoms with Gasteiger partial charge >= 0.3 is 0 Å². The van der Waals surface area contributed by atoms with Crippen molar-refractivity contribution in [3.8, 4) is 0 Å². The van der Waals surface area contributed by atoms with Crippen LogP contribution < -0.4 is 10.2 Å². The Kier molecular flexibility index (Phi) is 4.78. The minimum Gasteiger partial charge on any atom is -0.355 e. The second kappa shape index (κ2) is 7.21. The number of rotatable bonds is 3. The molecule has 5 nitrogen and oxygen atoms in total. The minimum atomic E-state index is 0.0173. The third kappa shape index (κ3) is 3.52. The Morgan fingerprint density at radius 2 is 1.92 bits per heavy atom. The van der Waals surface area contributed by atoms with Crippen molar-refractivity contribution >= 4 is 50.6 Å². The van der Waals surface area contributed by atoms with Crippen molar-refractivity contribution in [1.82, 2.24) is 9.97 Å². The summed E-state index contributed by atoms with van der Waals surface area (Å²) >= 11 is 7.69. The summed E-state index contributed by atoms with van der Waals surface area (Å²) in [5.74, 6) is 0.992. The molecule has 0 unspecified atom stereocenters. The monoisotopic (exact) mass is 386 g/mol. The molecule has 26 heavy (non-hydrogen) atoms. The van der Waals surface area contributed by atoms with Gasteiger partial charge in [-0.1, -0.05) is 17.7 Å². The maximum absolute atomic E-state index is 12.5. The van der Waals surface area contributed by atoms with E-state index >= 15 is 0 Å². The molecule has 3 aromatic rings. The van der Waals surface area contributed by atoms with Crippen molar-refractivity contribution in [1.29, 1.82) is 0 Å². The SMILES string of the molecule is Cc1ccc(NC(=O)C2CCN(c3nc(Cl)nc4ccsc34)CC2)cc1. The Morgan fingerprint density at radius 1 is 1.19 bits per heavy atom. The molecule has 2 aromatic heterocycles. The van der Waals surface area contributed by atoms with Crippen LogP contribution in [-0.4, -0.2) is 29.0 Å². The Bertz CT molecular complexity index is 932. The molecular formula is C19H19ClN4OS. The average Bonchev–Trinajstić information content (AvgIpc) is 3.11. The van der Waals surface area contributed by atoms with E-state index in [1.807, 2.05) is 42.6 Å². The van der Waals surface area contributed by atoms with E-state index < -0.39 is 0 Å².